The Balaban J connectivity index is 2.81. The SMILES string of the molecule is CCSc1cccc(C(C)N)c1. The molecule has 2 heteroatoms. The molecule has 1 atom stereocenters. The molecular weight excluding hydrogens is 166 g/mol. The molecule has 12 heavy (non-hydrogen) atoms. The summed E-state index contributed by atoms with van der Waals surface area (Å²) in [7, 11) is 0. The molecule has 0 bridgehead atoms. The Morgan fingerprint density at radius 2 is 2.25 bits per heavy atom. The molecule has 0 fully saturated rings. The average molecular weight is 181 g/mol. The third-order valence-corrected chi connectivity index (χ3v) is 2.57. The van der Waals surface area contributed by atoms with Gasteiger partial charge < -0.3 is 5.73 Å². The average Bonchev–Trinajstić information content (AvgIpc) is 2.05. The van der Waals surface area contributed by atoms with Crippen molar-refractivity contribution in [2.45, 2.75) is 24.8 Å². The van der Waals surface area contributed by atoms with Crippen molar-refractivity contribution >= 4 is 11.8 Å². The van der Waals surface area contributed by atoms with Crippen LogP contribution in [0.3, 0.4) is 0 Å². The number of hydrogen-bond donors (Lipinski definition) is 1. The lowest BCUT2D eigenvalue weighted by atomic mass is 10.1. The normalized spacial score (nSPS) is 12.9. The molecule has 0 aliphatic rings. The van der Waals surface area contributed by atoms with Crippen LogP contribution in [-0.4, -0.2) is 5.75 Å². The highest BCUT2D eigenvalue weighted by Crippen LogP contribution is 2.20. The first-order chi connectivity index (χ1) is 5.74. The summed E-state index contributed by atoms with van der Waals surface area (Å²) >= 11 is 1.85. The van der Waals surface area contributed by atoms with Gasteiger partial charge >= 0.3 is 0 Å². The van der Waals surface area contributed by atoms with Crippen molar-refractivity contribution in [2.75, 3.05) is 5.75 Å². The van der Waals surface area contributed by atoms with Crippen molar-refractivity contribution in [2.24, 2.45) is 5.73 Å². The van der Waals surface area contributed by atoms with Gasteiger partial charge in [-0.1, -0.05) is 19.1 Å². The molecule has 0 spiro atoms. The van der Waals surface area contributed by atoms with Crippen molar-refractivity contribution in [3.63, 3.8) is 0 Å². The molecule has 1 aromatic rings. The first kappa shape index (κ1) is 9.62. The second-order valence-corrected chi connectivity index (χ2v) is 4.13. The maximum Gasteiger partial charge on any atom is 0.0266 e. The van der Waals surface area contributed by atoms with Crippen LogP contribution in [0.25, 0.3) is 0 Å². The van der Waals surface area contributed by atoms with Gasteiger partial charge in [0.25, 0.3) is 0 Å². The van der Waals surface area contributed by atoms with E-state index in [2.05, 4.69) is 31.2 Å². The van der Waals surface area contributed by atoms with E-state index in [1.807, 2.05) is 18.7 Å². The minimum Gasteiger partial charge on any atom is -0.324 e. The van der Waals surface area contributed by atoms with Crippen LogP contribution < -0.4 is 5.73 Å². The number of thioether (sulfide) groups is 1. The molecule has 0 aliphatic heterocycles. The third-order valence-electron chi connectivity index (χ3n) is 1.69. The van der Waals surface area contributed by atoms with Crippen LogP contribution in [0, 0.1) is 0 Å². The molecule has 0 amide bonds. The first-order valence-electron chi connectivity index (χ1n) is 4.22. The van der Waals surface area contributed by atoms with Gasteiger partial charge in [-0.15, -0.1) is 11.8 Å². The summed E-state index contributed by atoms with van der Waals surface area (Å²) in [6.45, 7) is 4.17. The van der Waals surface area contributed by atoms with Gasteiger partial charge in [-0.05, 0) is 30.4 Å². The minimum atomic E-state index is 0.141. The molecule has 1 nitrogen and oxygen atoms in total. The van der Waals surface area contributed by atoms with E-state index in [1.54, 1.807) is 0 Å². The Kier molecular flexibility index (Phi) is 3.63. The Bertz CT molecular complexity index is 245. The van der Waals surface area contributed by atoms with Crippen LogP contribution in [-0.2, 0) is 0 Å². The first-order valence-corrected chi connectivity index (χ1v) is 5.21. The summed E-state index contributed by atoms with van der Waals surface area (Å²) in [4.78, 5) is 1.31. The van der Waals surface area contributed by atoms with Gasteiger partial charge in [-0.2, -0.15) is 0 Å². The quantitative estimate of drug-likeness (QED) is 0.726. The Morgan fingerprint density at radius 1 is 1.50 bits per heavy atom. The predicted molar refractivity (Wildman–Crippen MR) is 55.4 cm³/mol. The zero-order valence-corrected chi connectivity index (χ0v) is 8.40. The van der Waals surface area contributed by atoms with Crippen LogP contribution in [0.5, 0.6) is 0 Å². The standard InChI is InChI=1S/C10H15NS/c1-3-12-10-6-4-5-9(7-10)8(2)11/h4-8H,3,11H2,1-2H3. The van der Waals surface area contributed by atoms with E-state index in [-0.39, 0.29) is 6.04 Å². The second kappa shape index (κ2) is 4.53. The number of nitrogens with two attached hydrogens (primary N) is 1. The van der Waals surface area contributed by atoms with Crippen LogP contribution in [0.2, 0.25) is 0 Å². The summed E-state index contributed by atoms with van der Waals surface area (Å²) in [6.07, 6.45) is 0. The van der Waals surface area contributed by atoms with Gasteiger partial charge in [-0.25, -0.2) is 0 Å². The molecule has 0 saturated heterocycles. The van der Waals surface area contributed by atoms with Crippen molar-refractivity contribution < 1.29 is 0 Å². The molecule has 0 heterocycles. The maximum absolute atomic E-state index is 5.77. The lowest BCUT2D eigenvalue weighted by molar-refractivity contribution is 0.815. The van der Waals surface area contributed by atoms with E-state index < -0.39 is 0 Å². The summed E-state index contributed by atoms with van der Waals surface area (Å²) in [5.41, 5.74) is 6.99. The highest BCUT2D eigenvalue weighted by Gasteiger charge is 1.99. The molecule has 1 aromatic carbocycles. The summed E-state index contributed by atoms with van der Waals surface area (Å²) in [6, 6.07) is 8.57. The fourth-order valence-electron chi connectivity index (χ4n) is 1.05. The molecule has 2 N–H and O–H groups in total. The van der Waals surface area contributed by atoms with E-state index >= 15 is 0 Å². The monoisotopic (exact) mass is 181 g/mol. The molecule has 66 valence electrons. The summed E-state index contributed by atoms with van der Waals surface area (Å²) in [5.74, 6) is 1.11. The molecular formula is C10H15NS. The molecule has 0 saturated carbocycles. The zero-order valence-electron chi connectivity index (χ0n) is 7.58. The fourth-order valence-corrected chi connectivity index (χ4v) is 1.78. The van der Waals surface area contributed by atoms with E-state index in [0.29, 0.717) is 0 Å². The Hall–Kier alpha value is -0.470. The molecule has 0 radical (unpaired) electrons. The van der Waals surface area contributed by atoms with Crippen LogP contribution in [0.15, 0.2) is 29.2 Å². The van der Waals surface area contributed by atoms with E-state index in [4.69, 9.17) is 5.73 Å². The van der Waals surface area contributed by atoms with Crippen LogP contribution in [0.4, 0.5) is 0 Å². The molecule has 0 aromatic heterocycles. The smallest absolute Gasteiger partial charge is 0.0266 e. The molecule has 1 rings (SSSR count). The predicted octanol–water partition coefficient (Wildman–Crippen LogP) is 2.82. The van der Waals surface area contributed by atoms with E-state index in [9.17, 15) is 0 Å². The van der Waals surface area contributed by atoms with Crippen LogP contribution in [0.1, 0.15) is 25.5 Å². The van der Waals surface area contributed by atoms with Crippen molar-refractivity contribution in [3.05, 3.63) is 29.8 Å². The highest BCUT2D eigenvalue weighted by atomic mass is 32.2. The maximum atomic E-state index is 5.77. The van der Waals surface area contributed by atoms with Crippen molar-refractivity contribution in [1.29, 1.82) is 0 Å². The number of benzene rings is 1. The lowest BCUT2D eigenvalue weighted by Crippen LogP contribution is -2.04. The van der Waals surface area contributed by atoms with Gasteiger partial charge in [0.1, 0.15) is 0 Å². The molecule has 0 aliphatic carbocycles. The highest BCUT2D eigenvalue weighted by molar-refractivity contribution is 7.99. The van der Waals surface area contributed by atoms with Gasteiger partial charge in [-0.3, -0.25) is 0 Å². The largest absolute Gasteiger partial charge is 0.324 e. The van der Waals surface area contributed by atoms with E-state index in [1.165, 1.54) is 10.5 Å². The summed E-state index contributed by atoms with van der Waals surface area (Å²) in [5, 5.41) is 0. The van der Waals surface area contributed by atoms with E-state index in [0.717, 1.165) is 5.75 Å². The van der Waals surface area contributed by atoms with Gasteiger partial charge in [0, 0.05) is 10.9 Å². The minimum absolute atomic E-state index is 0.141. The number of rotatable bonds is 3. The number of hydrogen-bond acceptors (Lipinski definition) is 2. The Labute approximate surface area is 78.4 Å². The topological polar surface area (TPSA) is 26.0 Å². The van der Waals surface area contributed by atoms with Crippen LogP contribution >= 0.6 is 11.8 Å². The third kappa shape index (κ3) is 2.54. The lowest BCUT2D eigenvalue weighted by Gasteiger charge is -2.06. The zero-order chi connectivity index (χ0) is 8.97. The van der Waals surface area contributed by atoms with Gasteiger partial charge in [0.15, 0.2) is 0 Å². The second-order valence-electron chi connectivity index (χ2n) is 2.79. The van der Waals surface area contributed by atoms with Crippen molar-refractivity contribution in [1.82, 2.24) is 0 Å². The molecule has 1 unspecified atom stereocenters. The van der Waals surface area contributed by atoms with Gasteiger partial charge in [0.05, 0.1) is 0 Å². The summed E-state index contributed by atoms with van der Waals surface area (Å²) < 4.78 is 0. The van der Waals surface area contributed by atoms with Crippen molar-refractivity contribution in [3.8, 4) is 0 Å². The Morgan fingerprint density at radius 3 is 2.83 bits per heavy atom. The van der Waals surface area contributed by atoms with Gasteiger partial charge in [0.2, 0.25) is 0 Å². The fraction of sp³-hybridized carbons (Fsp3) is 0.400.